The average Bonchev–Trinajstić information content (AvgIpc) is 2.44. The summed E-state index contributed by atoms with van der Waals surface area (Å²) in [5.74, 6) is -0.971. The van der Waals surface area contributed by atoms with E-state index in [0.29, 0.717) is 17.5 Å². The molecule has 1 aromatic rings. The Labute approximate surface area is 119 Å². The average molecular weight is 295 g/mol. The number of ether oxygens (including phenoxy) is 1. The van der Waals surface area contributed by atoms with Gasteiger partial charge in [-0.2, -0.15) is 5.26 Å². The lowest BCUT2D eigenvalue weighted by atomic mass is 10.2. The first-order valence-electron chi connectivity index (χ1n) is 6.28. The van der Waals surface area contributed by atoms with E-state index in [1.807, 2.05) is 13.0 Å². The topological polar surface area (TPSA) is 84.2 Å². The Hall–Kier alpha value is -1.87. The van der Waals surface area contributed by atoms with Gasteiger partial charge in [-0.3, -0.25) is 4.79 Å². The maximum Gasteiger partial charge on any atom is 0.324 e. The third-order valence-corrected chi connectivity index (χ3v) is 4.78. The van der Waals surface area contributed by atoms with Crippen molar-refractivity contribution in [1.82, 2.24) is 0 Å². The molecule has 0 N–H and O–H groups in total. The lowest BCUT2D eigenvalue weighted by Crippen LogP contribution is -2.30. The van der Waals surface area contributed by atoms with E-state index in [0.717, 1.165) is 0 Å². The summed E-state index contributed by atoms with van der Waals surface area (Å²) in [5, 5.41) is 7.48. The van der Waals surface area contributed by atoms with Crippen molar-refractivity contribution in [3.8, 4) is 6.07 Å². The standard InChI is InChI=1S/C14H17NO4S/c1-3-8-19-14(16)11(2)20(17,18)10-13-6-4-12(9-15)5-7-13/h4-7,11H,3,8,10H2,1-2H3. The molecule has 20 heavy (non-hydrogen) atoms. The summed E-state index contributed by atoms with van der Waals surface area (Å²) in [6, 6.07) is 8.19. The van der Waals surface area contributed by atoms with Crippen LogP contribution in [0.25, 0.3) is 0 Å². The van der Waals surface area contributed by atoms with E-state index in [1.165, 1.54) is 6.92 Å². The van der Waals surface area contributed by atoms with Crippen LogP contribution >= 0.6 is 0 Å². The van der Waals surface area contributed by atoms with Crippen LogP contribution in [-0.4, -0.2) is 26.2 Å². The first-order valence-corrected chi connectivity index (χ1v) is 7.99. The molecule has 1 atom stereocenters. The lowest BCUT2D eigenvalue weighted by Gasteiger charge is -2.12. The van der Waals surface area contributed by atoms with E-state index in [4.69, 9.17) is 10.00 Å². The Bertz CT molecular complexity index is 599. The highest BCUT2D eigenvalue weighted by molar-refractivity contribution is 7.92. The van der Waals surface area contributed by atoms with E-state index in [1.54, 1.807) is 24.3 Å². The van der Waals surface area contributed by atoms with Crippen LogP contribution in [0.4, 0.5) is 0 Å². The molecule has 1 aromatic carbocycles. The van der Waals surface area contributed by atoms with Gasteiger partial charge in [0.1, 0.15) is 0 Å². The summed E-state index contributed by atoms with van der Waals surface area (Å²) in [6.45, 7) is 3.38. The number of sulfone groups is 1. The fourth-order valence-electron chi connectivity index (χ4n) is 1.50. The van der Waals surface area contributed by atoms with Gasteiger partial charge in [-0.15, -0.1) is 0 Å². The number of nitrogens with zero attached hydrogens (tertiary/aromatic N) is 1. The molecule has 0 aliphatic heterocycles. The summed E-state index contributed by atoms with van der Waals surface area (Å²) < 4.78 is 29.0. The van der Waals surface area contributed by atoms with Gasteiger partial charge in [0, 0.05) is 0 Å². The second kappa shape index (κ2) is 7.06. The third-order valence-electron chi connectivity index (χ3n) is 2.77. The van der Waals surface area contributed by atoms with Crippen molar-refractivity contribution in [2.24, 2.45) is 0 Å². The number of esters is 1. The van der Waals surface area contributed by atoms with E-state index in [9.17, 15) is 13.2 Å². The van der Waals surface area contributed by atoms with E-state index >= 15 is 0 Å². The maximum absolute atomic E-state index is 12.1. The molecule has 0 bridgehead atoms. The predicted octanol–water partition coefficient (Wildman–Crippen LogP) is 1.81. The molecule has 6 heteroatoms. The van der Waals surface area contributed by atoms with Crippen molar-refractivity contribution in [2.45, 2.75) is 31.3 Å². The highest BCUT2D eigenvalue weighted by atomic mass is 32.2. The molecule has 0 radical (unpaired) electrons. The van der Waals surface area contributed by atoms with Crippen molar-refractivity contribution < 1.29 is 17.9 Å². The van der Waals surface area contributed by atoms with Gasteiger partial charge in [0.25, 0.3) is 0 Å². The van der Waals surface area contributed by atoms with Gasteiger partial charge >= 0.3 is 5.97 Å². The molecular formula is C14H17NO4S. The van der Waals surface area contributed by atoms with E-state index in [-0.39, 0.29) is 12.4 Å². The maximum atomic E-state index is 12.1. The number of hydrogen-bond donors (Lipinski definition) is 0. The summed E-state index contributed by atoms with van der Waals surface area (Å²) >= 11 is 0. The quantitative estimate of drug-likeness (QED) is 0.747. The monoisotopic (exact) mass is 295 g/mol. The fourth-order valence-corrected chi connectivity index (χ4v) is 2.77. The van der Waals surface area contributed by atoms with Gasteiger partial charge in [0.15, 0.2) is 15.1 Å². The second-order valence-corrected chi connectivity index (χ2v) is 6.75. The normalized spacial score (nSPS) is 12.4. The van der Waals surface area contributed by atoms with Crippen molar-refractivity contribution in [3.63, 3.8) is 0 Å². The largest absolute Gasteiger partial charge is 0.465 e. The number of nitriles is 1. The zero-order valence-corrected chi connectivity index (χ0v) is 12.3. The Morgan fingerprint density at radius 3 is 2.45 bits per heavy atom. The highest BCUT2D eigenvalue weighted by Crippen LogP contribution is 2.13. The Morgan fingerprint density at radius 1 is 1.35 bits per heavy atom. The highest BCUT2D eigenvalue weighted by Gasteiger charge is 2.29. The summed E-state index contributed by atoms with van der Waals surface area (Å²) in [6.07, 6.45) is 0.647. The van der Waals surface area contributed by atoms with Gasteiger partial charge in [-0.05, 0) is 31.0 Å². The molecule has 1 rings (SSSR count). The summed E-state index contributed by atoms with van der Waals surface area (Å²) in [4.78, 5) is 11.6. The second-order valence-electron chi connectivity index (χ2n) is 4.43. The van der Waals surface area contributed by atoms with Gasteiger partial charge in [-0.25, -0.2) is 8.42 Å². The van der Waals surface area contributed by atoms with Gasteiger partial charge < -0.3 is 4.74 Å². The minimum absolute atomic E-state index is 0.218. The van der Waals surface area contributed by atoms with Crippen LogP contribution < -0.4 is 0 Å². The minimum Gasteiger partial charge on any atom is -0.465 e. The Morgan fingerprint density at radius 2 is 1.95 bits per heavy atom. The number of hydrogen-bond acceptors (Lipinski definition) is 5. The molecule has 0 spiro atoms. The summed E-state index contributed by atoms with van der Waals surface area (Å²) in [5.41, 5.74) is 1.00. The molecule has 5 nitrogen and oxygen atoms in total. The molecule has 0 saturated carbocycles. The molecule has 0 fully saturated rings. The molecule has 0 amide bonds. The van der Waals surface area contributed by atoms with Crippen LogP contribution in [0.2, 0.25) is 0 Å². The SMILES string of the molecule is CCCOC(=O)C(C)S(=O)(=O)Cc1ccc(C#N)cc1. The molecule has 0 aliphatic carbocycles. The number of carbonyl (C=O) groups excluding carboxylic acids is 1. The summed E-state index contributed by atoms with van der Waals surface area (Å²) in [7, 11) is -3.62. The van der Waals surface area contributed by atoms with Crippen molar-refractivity contribution in [2.75, 3.05) is 6.61 Å². The smallest absolute Gasteiger partial charge is 0.324 e. The van der Waals surface area contributed by atoms with Crippen LogP contribution in [0, 0.1) is 11.3 Å². The molecule has 0 saturated heterocycles. The molecule has 108 valence electrons. The van der Waals surface area contributed by atoms with Crippen molar-refractivity contribution in [3.05, 3.63) is 35.4 Å². The van der Waals surface area contributed by atoms with E-state index in [2.05, 4.69) is 0 Å². The fraction of sp³-hybridized carbons (Fsp3) is 0.429. The molecular weight excluding hydrogens is 278 g/mol. The van der Waals surface area contributed by atoms with Crippen LogP contribution in [0.3, 0.4) is 0 Å². The van der Waals surface area contributed by atoms with Crippen molar-refractivity contribution >= 4 is 15.8 Å². The lowest BCUT2D eigenvalue weighted by molar-refractivity contribution is -0.142. The van der Waals surface area contributed by atoms with E-state index < -0.39 is 21.1 Å². The van der Waals surface area contributed by atoms with Gasteiger partial charge in [0.2, 0.25) is 0 Å². The number of rotatable bonds is 6. The van der Waals surface area contributed by atoms with Crippen LogP contribution in [0.15, 0.2) is 24.3 Å². The Balaban J connectivity index is 2.78. The first-order chi connectivity index (χ1) is 9.40. The van der Waals surface area contributed by atoms with Crippen LogP contribution in [0.5, 0.6) is 0 Å². The molecule has 0 aliphatic rings. The zero-order valence-electron chi connectivity index (χ0n) is 11.5. The van der Waals surface area contributed by atoms with Crippen LogP contribution in [-0.2, 0) is 25.1 Å². The third kappa shape index (κ3) is 4.35. The van der Waals surface area contributed by atoms with Crippen LogP contribution in [0.1, 0.15) is 31.4 Å². The Kier molecular flexibility index (Phi) is 5.71. The number of benzene rings is 1. The minimum atomic E-state index is -3.62. The molecule has 0 aromatic heterocycles. The van der Waals surface area contributed by atoms with Crippen molar-refractivity contribution in [1.29, 1.82) is 5.26 Å². The van der Waals surface area contributed by atoms with Gasteiger partial charge in [0.05, 0.1) is 24.0 Å². The molecule has 0 heterocycles. The number of carbonyl (C=O) groups is 1. The van der Waals surface area contributed by atoms with Gasteiger partial charge in [-0.1, -0.05) is 19.1 Å². The predicted molar refractivity (Wildman–Crippen MR) is 74.5 cm³/mol. The zero-order chi connectivity index (χ0) is 15.2. The molecule has 1 unspecified atom stereocenters. The first kappa shape index (κ1) is 16.2.